The predicted octanol–water partition coefficient (Wildman–Crippen LogP) is 3.20. The normalized spacial score (nSPS) is 18.6. The number of amides is 1. The van der Waals surface area contributed by atoms with Gasteiger partial charge in [0.1, 0.15) is 5.82 Å². The van der Waals surface area contributed by atoms with Crippen LogP contribution in [0.5, 0.6) is 0 Å². The van der Waals surface area contributed by atoms with E-state index in [0.717, 1.165) is 24.4 Å². The summed E-state index contributed by atoms with van der Waals surface area (Å²) in [5, 5.41) is 0. The number of fused-ring (bicyclic) bond motifs is 1. The molecule has 0 saturated carbocycles. The summed E-state index contributed by atoms with van der Waals surface area (Å²) in [4.78, 5) is 23.0. The highest BCUT2D eigenvalue weighted by Crippen LogP contribution is 2.30. The Morgan fingerprint density at radius 1 is 1.03 bits per heavy atom. The molecule has 0 radical (unpaired) electrons. The number of halogens is 3. The number of para-hydroxylation sites is 1. The third-order valence-electron chi connectivity index (χ3n) is 5.77. The molecule has 4 rings (SSSR count). The molecular formula is C21H23F3N4O. The highest BCUT2D eigenvalue weighted by atomic mass is 19.4. The quantitative estimate of drug-likeness (QED) is 0.788. The second-order valence-corrected chi connectivity index (χ2v) is 7.47. The molecule has 0 bridgehead atoms. The summed E-state index contributed by atoms with van der Waals surface area (Å²) in [7, 11) is 0. The van der Waals surface area contributed by atoms with Gasteiger partial charge in [0, 0.05) is 44.6 Å². The summed E-state index contributed by atoms with van der Waals surface area (Å²) < 4.78 is 38.1. The number of rotatable bonds is 3. The molecule has 0 aliphatic carbocycles. The van der Waals surface area contributed by atoms with Crippen LogP contribution in [0.1, 0.15) is 18.1 Å². The van der Waals surface area contributed by atoms with Crippen molar-refractivity contribution in [3.63, 3.8) is 0 Å². The van der Waals surface area contributed by atoms with Crippen molar-refractivity contribution in [3.05, 3.63) is 53.7 Å². The fraction of sp³-hybridized carbons (Fsp3) is 0.429. The largest absolute Gasteiger partial charge is 0.417 e. The number of benzene rings is 1. The lowest BCUT2D eigenvalue weighted by Gasteiger charge is -2.39. The van der Waals surface area contributed by atoms with Gasteiger partial charge >= 0.3 is 6.18 Å². The lowest BCUT2D eigenvalue weighted by molar-refractivity contribution is -0.137. The van der Waals surface area contributed by atoms with Crippen LogP contribution in [0.15, 0.2) is 42.6 Å². The summed E-state index contributed by atoms with van der Waals surface area (Å²) >= 11 is 0. The van der Waals surface area contributed by atoms with Crippen LogP contribution in [0.3, 0.4) is 0 Å². The molecule has 1 amide bonds. The second kappa shape index (κ2) is 7.67. The first kappa shape index (κ1) is 19.7. The van der Waals surface area contributed by atoms with Crippen molar-refractivity contribution in [2.24, 2.45) is 0 Å². The van der Waals surface area contributed by atoms with Crippen LogP contribution in [0.4, 0.5) is 24.7 Å². The predicted molar refractivity (Wildman–Crippen MR) is 105 cm³/mol. The summed E-state index contributed by atoms with van der Waals surface area (Å²) in [5.41, 5.74) is 1.45. The Morgan fingerprint density at radius 3 is 2.41 bits per heavy atom. The highest BCUT2D eigenvalue weighted by molar-refractivity contribution is 5.98. The van der Waals surface area contributed by atoms with E-state index in [9.17, 15) is 18.0 Å². The zero-order chi connectivity index (χ0) is 20.6. The van der Waals surface area contributed by atoms with Gasteiger partial charge in [-0.15, -0.1) is 0 Å². The number of pyridine rings is 1. The molecule has 0 spiro atoms. The average Bonchev–Trinajstić information content (AvgIpc) is 3.16. The molecule has 29 heavy (non-hydrogen) atoms. The van der Waals surface area contributed by atoms with E-state index in [1.165, 1.54) is 11.6 Å². The van der Waals surface area contributed by atoms with Crippen LogP contribution in [-0.4, -0.2) is 54.6 Å². The molecule has 2 aliphatic heterocycles. The van der Waals surface area contributed by atoms with Gasteiger partial charge in [-0.05, 0) is 37.1 Å². The van der Waals surface area contributed by atoms with Gasteiger partial charge in [0.05, 0.1) is 11.6 Å². The number of hydrogen-bond donors (Lipinski definition) is 0. The van der Waals surface area contributed by atoms with Gasteiger partial charge in [-0.3, -0.25) is 9.69 Å². The topological polar surface area (TPSA) is 39.7 Å². The highest BCUT2D eigenvalue weighted by Gasteiger charge is 2.33. The Labute approximate surface area is 167 Å². The Balaban J connectivity index is 1.36. The molecule has 1 atom stereocenters. The number of anilines is 2. The first-order valence-corrected chi connectivity index (χ1v) is 9.76. The van der Waals surface area contributed by atoms with Crippen LogP contribution in [-0.2, 0) is 17.4 Å². The molecule has 1 saturated heterocycles. The summed E-state index contributed by atoms with van der Waals surface area (Å²) in [6.07, 6.45) is -2.63. The maximum absolute atomic E-state index is 13.0. The maximum Gasteiger partial charge on any atom is 0.417 e. The van der Waals surface area contributed by atoms with E-state index in [4.69, 9.17) is 0 Å². The lowest BCUT2D eigenvalue weighted by Crippen LogP contribution is -2.54. The second-order valence-electron chi connectivity index (χ2n) is 7.47. The van der Waals surface area contributed by atoms with Gasteiger partial charge in [0.25, 0.3) is 0 Å². The zero-order valence-corrected chi connectivity index (χ0v) is 16.2. The van der Waals surface area contributed by atoms with Gasteiger partial charge in [-0.1, -0.05) is 18.2 Å². The van der Waals surface area contributed by atoms with Gasteiger partial charge in [-0.25, -0.2) is 4.98 Å². The average molecular weight is 404 g/mol. The van der Waals surface area contributed by atoms with Crippen molar-refractivity contribution < 1.29 is 18.0 Å². The minimum Gasteiger partial charge on any atom is -0.354 e. The Morgan fingerprint density at radius 2 is 1.76 bits per heavy atom. The third kappa shape index (κ3) is 3.94. The van der Waals surface area contributed by atoms with Gasteiger partial charge < -0.3 is 9.80 Å². The van der Waals surface area contributed by atoms with Crippen LogP contribution in [0.2, 0.25) is 0 Å². The van der Waals surface area contributed by atoms with Crippen LogP contribution in [0, 0.1) is 0 Å². The van der Waals surface area contributed by atoms with E-state index in [1.54, 1.807) is 0 Å². The molecule has 2 aliphatic rings. The monoisotopic (exact) mass is 404 g/mol. The Kier molecular flexibility index (Phi) is 5.21. The van der Waals surface area contributed by atoms with E-state index in [2.05, 4.69) is 16.0 Å². The fourth-order valence-corrected chi connectivity index (χ4v) is 4.03. The molecule has 0 N–H and O–H groups in total. The third-order valence-corrected chi connectivity index (χ3v) is 5.77. The van der Waals surface area contributed by atoms with Gasteiger partial charge in [0.2, 0.25) is 5.91 Å². The van der Waals surface area contributed by atoms with E-state index >= 15 is 0 Å². The number of alkyl halides is 3. The molecular weight excluding hydrogens is 381 g/mol. The van der Waals surface area contributed by atoms with Crippen molar-refractivity contribution in [1.29, 1.82) is 0 Å². The Hall–Kier alpha value is -2.61. The van der Waals surface area contributed by atoms with E-state index < -0.39 is 11.7 Å². The van der Waals surface area contributed by atoms with Gasteiger partial charge in [-0.2, -0.15) is 13.2 Å². The Bertz CT molecular complexity index is 876. The lowest BCUT2D eigenvalue weighted by atomic mass is 10.1. The minimum atomic E-state index is -4.38. The first-order chi connectivity index (χ1) is 13.8. The standard InChI is InChI=1S/C21H23F3N4O/c1-15(20(29)28-9-8-16-4-2-3-5-18(16)28)26-10-12-27(13-11-26)19-7-6-17(14-25-19)21(22,23)24/h2-7,14-15H,8-13H2,1H3. The van der Waals surface area contributed by atoms with Crippen LogP contribution >= 0.6 is 0 Å². The first-order valence-electron chi connectivity index (χ1n) is 9.76. The number of carbonyl (C=O) groups excluding carboxylic acids is 1. The van der Waals surface area contributed by atoms with Crippen molar-refractivity contribution in [1.82, 2.24) is 9.88 Å². The molecule has 5 nitrogen and oxygen atoms in total. The number of aromatic nitrogens is 1. The SMILES string of the molecule is CC(C(=O)N1CCc2ccccc21)N1CCN(c2ccc(C(F)(F)F)cn2)CC1. The fourth-order valence-electron chi connectivity index (χ4n) is 4.03. The molecule has 2 aromatic rings. The van der Waals surface area contributed by atoms with Crippen LogP contribution < -0.4 is 9.80 Å². The van der Waals surface area contributed by atoms with Crippen molar-refractivity contribution in [2.45, 2.75) is 25.6 Å². The van der Waals surface area contributed by atoms with E-state index in [1.807, 2.05) is 34.9 Å². The molecule has 3 heterocycles. The van der Waals surface area contributed by atoms with Crippen molar-refractivity contribution in [2.75, 3.05) is 42.5 Å². The number of hydrogen-bond acceptors (Lipinski definition) is 4. The summed E-state index contributed by atoms with van der Waals surface area (Å²) in [5.74, 6) is 0.626. The van der Waals surface area contributed by atoms with E-state index in [-0.39, 0.29) is 11.9 Å². The molecule has 1 unspecified atom stereocenters. The van der Waals surface area contributed by atoms with E-state index in [0.29, 0.717) is 38.5 Å². The molecule has 8 heteroatoms. The number of nitrogens with zero attached hydrogens (tertiary/aromatic N) is 4. The number of piperazine rings is 1. The minimum absolute atomic E-state index is 0.0936. The summed E-state index contributed by atoms with van der Waals surface area (Å²) in [6, 6.07) is 10.2. The van der Waals surface area contributed by atoms with Crippen molar-refractivity contribution in [3.8, 4) is 0 Å². The van der Waals surface area contributed by atoms with Gasteiger partial charge in [0.15, 0.2) is 0 Å². The maximum atomic E-state index is 13.0. The molecule has 1 aromatic carbocycles. The van der Waals surface area contributed by atoms with Crippen molar-refractivity contribution >= 4 is 17.4 Å². The molecule has 1 fully saturated rings. The number of carbonyl (C=O) groups is 1. The zero-order valence-electron chi connectivity index (χ0n) is 16.2. The smallest absolute Gasteiger partial charge is 0.354 e. The molecule has 154 valence electrons. The molecule has 1 aromatic heterocycles. The summed E-state index contributed by atoms with van der Waals surface area (Å²) in [6.45, 7) is 5.18. The van der Waals surface area contributed by atoms with Crippen LogP contribution in [0.25, 0.3) is 0 Å².